The van der Waals surface area contributed by atoms with Crippen LogP contribution < -0.4 is 10.1 Å². The zero-order chi connectivity index (χ0) is 12.0. The Labute approximate surface area is 97.4 Å². The fourth-order valence-corrected chi connectivity index (χ4v) is 1.52. The van der Waals surface area contributed by atoms with E-state index in [4.69, 9.17) is 9.84 Å². The monoisotopic (exact) mass is 223 g/mol. The van der Waals surface area contributed by atoms with Gasteiger partial charge < -0.3 is 15.2 Å². The first-order valence-electron chi connectivity index (χ1n) is 5.71. The molecule has 1 aromatic rings. The van der Waals surface area contributed by atoms with Crippen LogP contribution in [0.4, 0.5) is 0 Å². The first-order valence-corrected chi connectivity index (χ1v) is 5.71. The second-order valence-corrected chi connectivity index (χ2v) is 4.18. The molecule has 0 unspecified atom stereocenters. The van der Waals surface area contributed by atoms with Gasteiger partial charge in [0.2, 0.25) is 0 Å². The Kier molecular flexibility index (Phi) is 5.29. The maximum absolute atomic E-state index is 8.72. The van der Waals surface area contributed by atoms with Crippen molar-refractivity contribution in [2.45, 2.75) is 33.4 Å². The van der Waals surface area contributed by atoms with Crippen LogP contribution in [0.5, 0.6) is 5.75 Å². The largest absolute Gasteiger partial charge is 0.491 e. The Morgan fingerprint density at radius 1 is 1.38 bits per heavy atom. The fraction of sp³-hybridized carbons (Fsp3) is 0.538. The molecule has 0 bridgehead atoms. The lowest BCUT2D eigenvalue weighted by Gasteiger charge is -2.15. The molecular weight excluding hydrogens is 202 g/mol. The third-order valence-corrected chi connectivity index (χ3v) is 2.18. The molecule has 1 rings (SSSR count). The van der Waals surface area contributed by atoms with Crippen LogP contribution >= 0.6 is 0 Å². The molecule has 0 aliphatic carbocycles. The van der Waals surface area contributed by atoms with E-state index in [2.05, 4.69) is 18.3 Å². The van der Waals surface area contributed by atoms with Crippen LogP contribution in [0.2, 0.25) is 0 Å². The molecule has 0 amide bonds. The summed E-state index contributed by atoms with van der Waals surface area (Å²) in [6.45, 7) is 7.59. The molecule has 0 fully saturated rings. The maximum atomic E-state index is 8.72. The van der Waals surface area contributed by atoms with Crippen molar-refractivity contribution < 1.29 is 9.84 Å². The van der Waals surface area contributed by atoms with Crippen molar-refractivity contribution in [2.75, 3.05) is 13.2 Å². The van der Waals surface area contributed by atoms with Crippen molar-refractivity contribution in [3.8, 4) is 5.75 Å². The molecule has 0 aliphatic rings. The molecular formula is C13H21NO2. The zero-order valence-corrected chi connectivity index (χ0v) is 10.3. The number of nitrogens with one attached hydrogen (secondary N) is 1. The van der Waals surface area contributed by atoms with E-state index in [9.17, 15) is 0 Å². The number of aliphatic hydroxyl groups is 1. The van der Waals surface area contributed by atoms with E-state index < -0.39 is 0 Å². The van der Waals surface area contributed by atoms with Crippen molar-refractivity contribution in [3.63, 3.8) is 0 Å². The predicted octanol–water partition coefficient (Wildman–Crippen LogP) is 1.86. The van der Waals surface area contributed by atoms with Crippen molar-refractivity contribution in [2.24, 2.45) is 0 Å². The van der Waals surface area contributed by atoms with Crippen molar-refractivity contribution >= 4 is 0 Å². The van der Waals surface area contributed by atoms with Gasteiger partial charge in [0.05, 0.1) is 12.7 Å². The molecule has 1 aromatic carbocycles. The van der Waals surface area contributed by atoms with Gasteiger partial charge in [-0.3, -0.25) is 0 Å². The Morgan fingerprint density at radius 3 is 2.75 bits per heavy atom. The molecule has 0 aromatic heterocycles. The van der Waals surface area contributed by atoms with Crippen LogP contribution in [0.1, 0.15) is 25.0 Å². The third-order valence-electron chi connectivity index (χ3n) is 2.18. The van der Waals surface area contributed by atoms with Crippen molar-refractivity contribution in [3.05, 3.63) is 29.3 Å². The van der Waals surface area contributed by atoms with E-state index in [-0.39, 0.29) is 12.7 Å². The molecule has 16 heavy (non-hydrogen) atoms. The van der Waals surface area contributed by atoms with Gasteiger partial charge >= 0.3 is 0 Å². The minimum Gasteiger partial charge on any atom is -0.491 e. The van der Waals surface area contributed by atoms with E-state index in [1.54, 1.807) is 0 Å². The number of ether oxygens (including phenoxy) is 1. The molecule has 0 saturated heterocycles. The molecule has 2 N–H and O–H groups in total. The molecule has 3 heteroatoms. The van der Waals surface area contributed by atoms with Crippen LogP contribution in [0.3, 0.4) is 0 Å². The van der Waals surface area contributed by atoms with Crippen LogP contribution in [0, 0.1) is 6.92 Å². The molecule has 0 spiro atoms. The van der Waals surface area contributed by atoms with Crippen LogP contribution in [0.15, 0.2) is 18.2 Å². The average molecular weight is 223 g/mol. The highest BCUT2D eigenvalue weighted by Crippen LogP contribution is 2.21. The second kappa shape index (κ2) is 6.51. The first-order chi connectivity index (χ1) is 7.63. The molecule has 0 atom stereocenters. The van der Waals surface area contributed by atoms with Gasteiger partial charge in [0.25, 0.3) is 0 Å². The Morgan fingerprint density at radius 2 is 2.12 bits per heavy atom. The van der Waals surface area contributed by atoms with Crippen LogP contribution in [-0.4, -0.2) is 24.4 Å². The number of benzene rings is 1. The number of hydrogen-bond donors (Lipinski definition) is 2. The summed E-state index contributed by atoms with van der Waals surface area (Å²) >= 11 is 0. The van der Waals surface area contributed by atoms with Gasteiger partial charge in [0.15, 0.2) is 0 Å². The Hall–Kier alpha value is -1.06. The third kappa shape index (κ3) is 4.21. The summed E-state index contributed by atoms with van der Waals surface area (Å²) in [5.74, 6) is 0.922. The molecule has 3 nitrogen and oxygen atoms in total. The number of rotatable bonds is 6. The summed E-state index contributed by atoms with van der Waals surface area (Å²) < 4.78 is 5.73. The molecule has 90 valence electrons. The summed E-state index contributed by atoms with van der Waals surface area (Å²) in [6, 6.07) is 6.17. The van der Waals surface area contributed by atoms with Crippen molar-refractivity contribution in [1.82, 2.24) is 5.32 Å². The predicted molar refractivity (Wildman–Crippen MR) is 65.7 cm³/mol. The highest BCUT2D eigenvalue weighted by atomic mass is 16.5. The van der Waals surface area contributed by atoms with Gasteiger partial charge in [-0.15, -0.1) is 0 Å². The molecule has 0 radical (unpaired) electrons. The summed E-state index contributed by atoms with van der Waals surface area (Å²) in [7, 11) is 0. The molecule has 0 heterocycles. The van der Waals surface area contributed by atoms with Gasteiger partial charge in [-0.25, -0.2) is 0 Å². The SMILES string of the molecule is Cc1ccc(OC(C)C)c(CNCCO)c1. The highest BCUT2D eigenvalue weighted by molar-refractivity contribution is 5.37. The van der Waals surface area contributed by atoms with E-state index in [0.29, 0.717) is 6.54 Å². The Balaban J connectivity index is 2.73. The first kappa shape index (κ1) is 13.0. The zero-order valence-electron chi connectivity index (χ0n) is 10.3. The fourth-order valence-electron chi connectivity index (χ4n) is 1.52. The van der Waals surface area contributed by atoms with E-state index in [1.165, 1.54) is 5.56 Å². The quantitative estimate of drug-likeness (QED) is 0.723. The van der Waals surface area contributed by atoms with Gasteiger partial charge in [0, 0.05) is 18.7 Å². The summed E-state index contributed by atoms with van der Waals surface area (Å²) in [6.07, 6.45) is 0.180. The standard InChI is InChI=1S/C13H21NO2/c1-10(2)16-13-5-4-11(3)8-12(13)9-14-6-7-15/h4-5,8,10,14-15H,6-7,9H2,1-3H3. The minimum atomic E-state index is 0.159. The normalized spacial score (nSPS) is 10.8. The maximum Gasteiger partial charge on any atom is 0.124 e. The smallest absolute Gasteiger partial charge is 0.124 e. The minimum absolute atomic E-state index is 0.159. The van der Waals surface area contributed by atoms with Gasteiger partial charge in [-0.1, -0.05) is 17.7 Å². The van der Waals surface area contributed by atoms with E-state index in [1.807, 2.05) is 26.0 Å². The number of hydrogen-bond acceptors (Lipinski definition) is 3. The summed E-state index contributed by atoms with van der Waals surface area (Å²) in [5, 5.41) is 11.9. The number of aryl methyl sites for hydroxylation is 1. The summed E-state index contributed by atoms with van der Waals surface area (Å²) in [4.78, 5) is 0. The van der Waals surface area contributed by atoms with Gasteiger partial charge in [-0.05, 0) is 26.8 Å². The van der Waals surface area contributed by atoms with Gasteiger partial charge in [-0.2, -0.15) is 0 Å². The average Bonchev–Trinajstić information content (AvgIpc) is 2.22. The lowest BCUT2D eigenvalue weighted by atomic mass is 10.1. The topological polar surface area (TPSA) is 41.5 Å². The lowest BCUT2D eigenvalue weighted by Crippen LogP contribution is -2.18. The van der Waals surface area contributed by atoms with Crippen LogP contribution in [-0.2, 0) is 6.54 Å². The highest BCUT2D eigenvalue weighted by Gasteiger charge is 2.05. The Bertz CT molecular complexity index is 324. The lowest BCUT2D eigenvalue weighted by molar-refractivity contribution is 0.239. The number of aliphatic hydroxyl groups excluding tert-OH is 1. The van der Waals surface area contributed by atoms with Gasteiger partial charge in [0.1, 0.15) is 5.75 Å². The second-order valence-electron chi connectivity index (χ2n) is 4.18. The van der Waals surface area contributed by atoms with E-state index in [0.717, 1.165) is 17.9 Å². The van der Waals surface area contributed by atoms with E-state index >= 15 is 0 Å². The van der Waals surface area contributed by atoms with Crippen LogP contribution in [0.25, 0.3) is 0 Å². The van der Waals surface area contributed by atoms with Crippen molar-refractivity contribution in [1.29, 1.82) is 0 Å². The molecule has 0 saturated carbocycles. The summed E-state index contributed by atoms with van der Waals surface area (Å²) in [5.41, 5.74) is 2.36. The molecule has 0 aliphatic heterocycles.